The zero-order chi connectivity index (χ0) is 20.2. The summed E-state index contributed by atoms with van der Waals surface area (Å²) in [5.74, 6) is 0.909. The van der Waals surface area contributed by atoms with Gasteiger partial charge in [0.2, 0.25) is 5.91 Å². The molecule has 1 aliphatic heterocycles. The zero-order valence-electron chi connectivity index (χ0n) is 16.5. The van der Waals surface area contributed by atoms with Crippen LogP contribution in [0.2, 0.25) is 0 Å². The van der Waals surface area contributed by atoms with Gasteiger partial charge in [-0.1, -0.05) is 28.1 Å². The normalized spacial score (nSPS) is 14.5. The van der Waals surface area contributed by atoms with Crippen LogP contribution in [0.1, 0.15) is 30.4 Å². The van der Waals surface area contributed by atoms with Crippen molar-refractivity contribution in [3.05, 3.63) is 70.2 Å². The fraction of sp³-hybridized carbons (Fsp3) is 0.250. The first kappa shape index (κ1) is 19.6. The van der Waals surface area contributed by atoms with Crippen LogP contribution in [-0.2, 0) is 4.79 Å². The number of nitrogens with zero attached hydrogens (tertiary/aromatic N) is 2. The Morgan fingerprint density at radius 1 is 1.07 bits per heavy atom. The number of hydrogen-bond acceptors (Lipinski definition) is 3. The minimum atomic E-state index is -0.150. The lowest BCUT2D eigenvalue weighted by Gasteiger charge is -2.28. The number of carbonyl (C=O) groups is 1. The summed E-state index contributed by atoms with van der Waals surface area (Å²) >= 11 is 3.41. The van der Waals surface area contributed by atoms with Gasteiger partial charge in [-0.3, -0.25) is 4.79 Å². The highest BCUT2D eigenvalue weighted by Crippen LogP contribution is 2.27. The summed E-state index contributed by atoms with van der Waals surface area (Å²) in [4.78, 5) is 19.5. The van der Waals surface area contributed by atoms with E-state index in [2.05, 4.69) is 39.1 Å². The van der Waals surface area contributed by atoms with Crippen molar-refractivity contribution in [3.8, 4) is 0 Å². The largest absolute Gasteiger partial charge is 0.357 e. The van der Waals surface area contributed by atoms with Gasteiger partial charge in [-0.2, -0.15) is 0 Å². The molecule has 0 unspecified atom stereocenters. The van der Waals surface area contributed by atoms with Gasteiger partial charge in [0, 0.05) is 34.7 Å². The van der Waals surface area contributed by atoms with E-state index in [9.17, 15) is 4.79 Å². The number of amides is 1. The van der Waals surface area contributed by atoms with E-state index in [1.54, 1.807) is 12.2 Å². The molecule has 148 valence electrons. The quantitative estimate of drug-likeness (QED) is 0.500. The highest BCUT2D eigenvalue weighted by Gasteiger charge is 2.14. The van der Waals surface area contributed by atoms with Crippen LogP contribution in [0.25, 0.3) is 17.0 Å². The van der Waals surface area contributed by atoms with E-state index in [1.165, 1.54) is 24.8 Å². The van der Waals surface area contributed by atoms with E-state index in [-0.39, 0.29) is 5.91 Å². The predicted molar refractivity (Wildman–Crippen MR) is 124 cm³/mol. The number of fused-ring (bicyclic) bond motifs is 1. The molecule has 0 atom stereocenters. The summed E-state index contributed by atoms with van der Waals surface area (Å²) in [7, 11) is 0. The molecule has 4 nitrogen and oxygen atoms in total. The van der Waals surface area contributed by atoms with E-state index in [0.29, 0.717) is 0 Å². The van der Waals surface area contributed by atoms with Crippen LogP contribution in [0.15, 0.2) is 59.1 Å². The number of nitrogens with one attached hydrogen (secondary N) is 1. The molecule has 2 aromatic carbocycles. The molecule has 1 N–H and O–H groups in total. The molecule has 4 rings (SSSR count). The van der Waals surface area contributed by atoms with Gasteiger partial charge in [-0.25, -0.2) is 4.98 Å². The van der Waals surface area contributed by atoms with Gasteiger partial charge in [0.25, 0.3) is 0 Å². The number of halogens is 1. The number of benzene rings is 2. The van der Waals surface area contributed by atoms with Crippen LogP contribution in [0.4, 0.5) is 11.5 Å². The molecule has 1 fully saturated rings. The topological polar surface area (TPSA) is 45.2 Å². The second-order valence-corrected chi connectivity index (χ2v) is 8.37. The van der Waals surface area contributed by atoms with Gasteiger partial charge in [-0.15, -0.1) is 0 Å². The lowest BCUT2D eigenvalue weighted by atomic mass is 10.1. The number of piperidine rings is 1. The summed E-state index contributed by atoms with van der Waals surface area (Å²) in [5, 5.41) is 4.02. The molecule has 3 aromatic rings. The Morgan fingerprint density at radius 3 is 2.59 bits per heavy atom. The van der Waals surface area contributed by atoms with E-state index in [1.807, 2.05) is 42.5 Å². The average molecular weight is 450 g/mol. The first-order valence-corrected chi connectivity index (χ1v) is 10.8. The molecule has 1 saturated heterocycles. The average Bonchev–Trinajstić information content (AvgIpc) is 2.74. The van der Waals surface area contributed by atoms with E-state index < -0.39 is 0 Å². The molecule has 2 heterocycles. The Kier molecular flexibility index (Phi) is 5.95. The maximum absolute atomic E-state index is 12.3. The zero-order valence-corrected chi connectivity index (χ0v) is 18.1. The molecule has 5 heteroatoms. The van der Waals surface area contributed by atoms with Gasteiger partial charge in [0.1, 0.15) is 5.82 Å². The van der Waals surface area contributed by atoms with Crippen molar-refractivity contribution < 1.29 is 4.79 Å². The van der Waals surface area contributed by atoms with Gasteiger partial charge >= 0.3 is 0 Å². The predicted octanol–water partition coefficient (Wildman–Crippen LogP) is 5.95. The Bertz CT molecular complexity index is 1050. The summed E-state index contributed by atoms with van der Waals surface area (Å²) in [5.41, 5.74) is 3.90. The number of hydrogen-bond donors (Lipinski definition) is 1. The minimum absolute atomic E-state index is 0.150. The van der Waals surface area contributed by atoms with Crippen molar-refractivity contribution in [1.29, 1.82) is 0 Å². The lowest BCUT2D eigenvalue weighted by Crippen LogP contribution is -2.30. The molecule has 0 spiro atoms. The van der Waals surface area contributed by atoms with Crippen molar-refractivity contribution in [2.24, 2.45) is 0 Å². The van der Waals surface area contributed by atoms with Crippen molar-refractivity contribution in [1.82, 2.24) is 4.98 Å². The first-order valence-electron chi connectivity index (χ1n) is 9.99. The third-order valence-corrected chi connectivity index (χ3v) is 5.78. The summed E-state index contributed by atoms with van der Waals surface area (Å²) in [6, 6.07) is 15.9. The third kappa shape index (κ3) is 4.85. The fourth-order valence-corrected chi connectivity index (χ4v) is 3.93. The molecule has 0 aliphatic carbocycles. The highest BCUT2D eigenvalue weighted by molar-refractivity contribution is 9.10. The standard InChI is InChI=1S/C24H24BrN3O/c1-17-15-23(28-13-3-2-4-14-28)27-22-11-10-20(16-21(17)22)26-24(29)12-7-18-5-8-19(25)9-6-18/h5-12,15-16H,2-4,13-14H2,1H3,(H,26,29)/b12-7+. The monoisotopic (exact) mass is 449 g/mol. The number of aryl methyl sites for hydroxylation is 1. The Morgan fingerprint density at radius 2 is 1.83 bits per heavy atom. The summed E-state index contributed by atoms with van der Waals surface area (Å²) in [6.45, 7) is 4.27. The first-order chi connectivity index (χ1) is 14.1. The Balaban J connectivity index is 1.50. The summed E-state index contributed by atoms with van der Waals surface area (Å²) < 4.78 is 1.02. The fourth-order valence-electron chi connectivity index (χ4n) is 3.67. The second kappa shape index (κ2) is 8.78. The van der Waals surface area contributed by atoms with E-state index in [4.69, 9.17) is 4.98 Å². The van der Waals surface area contributed by atoms with Crippen molar-refractivity contribution in [2.45, 2.75) is 26.2 Å². The van der Waals surface area contributed by atoms with Crippen molar-refractivity contribution >= 4 is 50.3 Å². The molecule has 29 heavy (non-hydrogen) atoms. The number of anilines is 2. The van der Waals surface area contributed by atoms with Gasteiger partial charge in [0.15, 0.2) is 0 Å². The van der Waals surface area contributed by atoms with E-state index >= 15 is 0 Å². The van der Waals surface area contributed by atoms with Crippen molar-refractivity contribution in [3.63, 3.8) is 0 Å². The maximum atomic E-state index is 12.3. The molecular weight excluding hydrogens is 426 g/mol. The maximum Gasteiger partial charge on any atom is 0.248 e. The molecule has 0 bridgehead atoms. The van der Waals surface area contributed by atoms with Crippen LogP contribution in [0.3, 0.4) is 0 Å². The van der Waals surface area contributed by atoms with Crippen molar-refractivity contribution in [2.75, 3.05) is 23.3 Å². The van der Waals surface area contributed by atoms with Crippen LogP contribution in [-0.4, -0.2) is 24.0 Å². The van der Waals surface area contributed by atoms with Crippen LogP contribution in [0, 0.1) is 6.92 Å². The van der Waals surface area contributed by atoms with Crippen LogP contribution in [0.5, 0.6) is 0 Å². The molecule has 0 saturated carbocycles. The molecular formula is C24H24BrN3O. The Labute approximate surface area is 179 Å². The molecule has 0 radical (unpaired) electrons. The SMILES string of the molecule is Cc1cc(N2CCCCC2)nc2ccc(NC(=O)/C=C/c3ccc(Br)cc3)cc12. The Hall–Kier alpha value is -2.66. The van der Waals surface area contributed by atoms with Crippen LogP contribution >= 0.6 is 15.9 Å². The van der Waals surface area contributed by atoms with Gasteiger partial charge in [0.05, 0.1) is 5.52 Å². The van der Waals surface area contributed by atoms with Crippen LogP contribution < -0.4 is 10.2 Å². The third-order valence-electron chi connectivity index (χ3n) is 5.25. The lowest BCUT2D eigenvalue weighted by molar-refractivity contribution is -0.111. The highest BCUT2D eigenvalue weighted by atomic mass is 79.9. The minimum Gasteiger partial charge on any atom is -0.357 e. The smallest absolute Gasteiger partial charge is 0.248 e. The summed E-state index contributed by atoms with van der Waals surface area (Å²) in [6.07, 6.45) is 7.13. The number of rotatable bonds is 4. The molecule has 1 aromatic heterocycles. The number of aromatic nitrogens is 1. The van der Waals surface area contributed by atoms with Gasteiger partial charge in [-0.05, 0) is 79.8 Å². The number of pyridine rings is 1. The number of carbonyl (C=O) groups excluding carboxylic acids is 1. The molecule has 1 amide bonds. The second-order valence-electron chi connectivity index (χ2n) is 7.45. The van der Waals surface area contributed by atoms with Gasteiger partial charge < -0.3 is 10.2 Å². The van der Waals surface area contributed by atoms with E-state index in [0.717, 1.165) is 45.5 Å². The molecule has 1 aliphatic rings.